The summed E-state index contributed by atoms with van der Waals surface area (Å²) in [7, 11) is 1.37. The number of nitrogens with zero attached hydrogens (tertiary/aromatic N) is 3. The van der Waals surface area contributed by atoms with Gasteiger partial charge in [0.15, 0.2) is 5.58 Å². The van der Waals surface area contributed by atoms with E-state index in [1.54, 1.807) is 11.0 Å². The summed E-state index contributed by atoms with van der Waals surface area (Å²) in [5.41, 5.74) is 2.02. The number of esters is 1. The molecule has 1 saturated heterocycles. The third kappa shape index (κ3) is 4.04. The molecule has 0 radical (unpaired) electrons. The highest BCUT2D eigenvalue weighted by atomic mass is 35.5. The van der Waals surface area contributed by atoms with E-state index in [-0.39, 0.29) is 18.3 Å². The number of benzene rings is 2. The molecule has 8 heteroatoms. The number of rotatable bonds is 5. The maximum atomic E-state index is 12.8. The van der Waals surface area contributed by atoms with Crippen molar-refractivity contribution in [2.24, 2.45) is 0 Å². The van der Waals surface area contributed by atoms with Crippen molar-refractivity contribution in [3.8, 4) is 0 Å². The van der Waals surface area contributed by atoms with Gasteiger partial charge in [-0.15, -0.1) is 0 Å². The van der Waals surface area contributed by atoms with Crippen LogP contribution in [0.5, 0.6) is 0 Å². The summed E-state index contributed by atoms with van der Waals surface area (Å²) < 4.78 is 10.3. The summed E-state index contributed by atoms with van der Waals surface area (Å²) in [6.07, 6.45) is 0.182. The summed E-state index contributed by atoms with van der Waals surface area (Å²) >= 11 is 6.33. The highest BCUT2D eigenvalue weighted by Crippen LogP contribution is 2.29. The maximum Gasteiger partial charge on any atom is 0.327 e. The molecular weight excluding hydrogens is 406 g/mol. The van der Waals surface area contributed by atoms with E-state index in [0.29, 0.717) is 48.0 Å². The number of methoxy groups -OCH3 is 1. The number of halogens is 1. The first kappa shape index (κ1) is 20.4. The third-order valence-electron chi connectivity index (χ3n) is 5.43. The molecule has 1 aliphatic heterocycles. The van der Waals surface area contributed by atoms with Gasteiger partial charge in [-0.25, -0.2) is 4.79 Å². The number of amides is 1. The molecule has 4 rings (SSSR count). The first-order chi connectivity index (χ1) is 14.6. The molecule has 30 heavy (non-hydrogen) atoms. The monoisotopic (exact) mass is 427 g/mol. The van der Waals surface area contributed by atoms with Gasteiger partial charge in [-0.05, 0) is 23.8 Å². The number of ether oxygens (including phenoxy) is 1. The molecule has 1 aromatic heterocycles. The number of hydrogen-bond acceptors (Lipinski definition) is 6. The van der Waals surface area contributed by atoms with Crippen LogP contribution in [-0.4, -0.2) is 60.1 Å². The van der Waals surface area contributed by atoms with Gasteiger partial charge in [0.2, 0.25) is 5.91 Å². The number of fused-ring (bicyclic) bond motifs is 1. The number of carbonyl (C=O) groups excluding carboxylic acids is 2. The van der Waals surface area contributed by atoms with Crippen molar-refractivity contribution >= 4 is 34.4 Å². The molecule has 2 heterocycles. The van der Waals surface area contributed by atoms with Crippen molar-refractivity contribution in [1.82, 2.24) is 15.0 Å². The Labute approximate surface area is 179 Å². The molecule has 1 unspecified atom stereocenters. The van der Waals surface area contributed by atoms with E-state index in [4.69, 9.17) is 20.9 Å². The Kier molecular flexibility index (Phi) is 6.01. The minimum atomic E-state index is -0.597. The van der Waals surface area contributed by atoms with Gasteiger partial charge in [0, 0.05) is 36.6 Å². The SMILES string of the molecule is COC(=O)C(c1ccccc1Cl)N1CCN(C(=O)Cc2noc3ccccc23)CC1. The van der Waals surface area contributed by atoms with Crippen LogP contribution >= 0.6 is 11.6 Å². The van der Waals surface area contributed by atoms with Crippen molar-refractivity contribution in [2.45, 2.75) is 12.5 Å². The second-order valence-electron chi connectivity index (χ2n) is 7.17. The Morgan fingerprint density at radius 2 is 1.80 bits per heavy atom. The first-order valence-electron chi connectivity index (χ1n) is 9.76. The molecular formula is C22H22ClN3O4. The van der Waals surface area contributed by atoms with Crippen LogP contribution in [0.4, 0.5) is 0 Å². The van der Waals surface area contributed by atoms with Crippen LogP contribution in [0, 0.1) is 0 Å². The molecule has 0 saturated carbocycles. The molecule has 1 atom stereocenters. The number of para-hydroxylation sites is 1. The standard InChI is InChI=1S/C22H22ClN3O4/c1-29-22(28)21(15-6-2-4-8-17(15)23)26-12-10-25(11-13-26)20(27)14-18-16-7-3-5-9-19(16)30-24-18/h2-9,21H,10-14H2,1H3. The average molecular weight is 428 g/mol. The quantitative estimate of drug-likeness (QED) is 0.582. The first-order valence-corrected chi connectivity index (χ1v) is 10.1. The number of hydrogen-bond donors (Lipinski definition) is 0. The fourth-order valence-electron chi connectivity index (χ4n) is 3.83. The van der Waals surface area contributed by atoms with Crippen LogP contribution < -0.4 is 0 Å². The van der Waals surface area contributed by atoms with Gasteiger partial charge in [-0.3, -0.25) is 9.69 Å². The van der Waals surface area contributed by atoms with E-state index in [1.165, 1.54) is 7.11 Å². The van der Waals surface area contributed by atoms with E-state index < -0.39 is 6.04 Å². The zero-order valence-electron chi connectivity index (χ0n) is 16.6. The van der Waals surface area contributed by atoms with Crippen LogP contribution in [0.1, 0.15) is 17.3 Å². The summed E-state index contributed by atoms with van der Waals surface area (Å²) in [4.78, 5) is 29.1. The van der Waals surface area contributed by atoms with Crippen molar-refractivity contribution in [3.05, 3.63) is 64.8 Å². The normalized spacial score (nSPS) is 15.9. The van der Waals surface area contributed by atoms with Gasteiger partial charge in [0.1, 0.15) is 11.7 Å². The number of aromatic nitrogens is 1. The van der Waals surface area contributed by atoms with Crippen molar-refractivity contribution in [3.63, 3.8) is 0 Å². The fourth-order valence-corrected chi connectivity index (χ4v) is 4.07. The Morgan fingerprint density at radius 3 is 2.53 bits per heavy atom. The molecule has 1 fully saturated rings. The smallest absolute Gasteiger partial charge is 0.327 e. The van der Waals surface area contributed by atoms with Crippen LogP contribution in [0.3, 0.4) is 0 Å². The predicted octanol–water partition coefficient (Wildman–Crippen LogP) is 3.08. The predicted molar refractivity (Wildman–Crippen MR) is 112 cm³/mol. The lowest BCUT2D eigenvalue weighted by atomic mass is 10.0. The largest absolute Gasteiger partial charge is 0.468 e. The summed E-state index contributed by atoms with van der Waals surface area (Å²) in [5.74, 6) is -0.377. The van der Waals surface area contributed by atoms with E-state index >= 15 is 0 Å². The lowest BCUT2D eigenvalue weighted by Gasteiger charge is -2.38. The number of carbonyl (C=O) groups is 2. The molecule has 3 aromatic rings. The molecule has 1 aliphatic rings. The van der Waals surface area contributed by atoms with Crippen LogP contribution in [0.2, 0.25) is 5.02 Å². The van der Waals surface area contributed by atoms with E-state index in [9.17, 15) is 9.59 Å². The van der Waals surface area contributed by atoms with Crippen molar-refractivity contribution in [1.29, 1.82) is 0 Å². The van der Waals surface area contributed by atoms with Gasteiger partial charge in [-0.1, -0.05) is 47.1 Å². The Morgan fingerprint density at radius 1 is 1.10 bits per heavy atom. The van der Waals surface area contributed by atoms with Gasteiger partial charge < -0.3 is 14.2 Å². The van der Waals surface area contributed by atoms with E-state index in [1.807, 2.05) is 47.4 Å². The minimum absolute atomic E-state index is 0.0129. The average Bonchev–Trinajstić information content (AvgIpc) is 3.18. The lowest BCUT2D eigenvalue weighted by Crippen LogP contribution is -2.51. The minimum Gasteiger partial charge on any atom is -0.468 e. The zero-order valence-corrected chi connectivity index (χ0v) is 17.3. The summed E-state index contributed by atoms with van der Waals surface area (Å²) in [5, 5.41) is 5.42. The second kappa shape index (κ2) is 8.85. The van der Waals surface area contributed by atoms with Gasteiger partial charge in [0.05, 0.1) is 13.5 Å². The van der Waals surface area contributed by atoms with Gasteiger partial charge in [0.25, 0.3) is 0 Å². The topological polar surface area (TPSA) is 75.9 Å². The Hall–Kier alpha value is -2.90. The van der Waals surface area contributed by atoms with E-state index in [2.05, 4.69) is 5.16 Å². The Balaban J connectivity index is 1.43. The molecule has 0 N–H and O–H groups in total. The number of piperazine rings is 1. The van der Waals surface area contributed by atoms with Gasteiger partial charge in [-0.2, -0.15) is 0 Å². The van der Waals surface area contributed by atoms with Crippen molar-refractivity contribution < 1.29 is 18.8 Å². The molecule has 0 spiro atoms. The highest BCUT2D eigenvalue weighted by Gasteiger charge is 2.33. The van der Waals surface area contributed by atoms with Crippen LogP contribution in [0.15, 0.2) is 53.1 Å². The molecule has 1 amide bonds. The van der Waals surface area contributed by atoms with Crippen LogP contribution in [0.25, 0.3) is 11.0 Å². The van der Waals surface area contributed by atoms with Crippen LogP contribution in [-0.2, 0) is 20.7 Å². The lowest BCUT2D eigenvalue weighted by molar-refractivity contribution is -0.148. The van der Waals surface area contributed by atoms with Gasteiger partial charge >= 0.3 is 5.97 Å². The molecule has 2 aromatic carbocycles. The highest BCUT2D eigenvalue weighted by molar-refractivity contribution is 6.31. The summed E-state index contributed by atoms with van der Waals surface area (Å²) in [6, 6.07) is 14.2. The molecule has 156 valence electrons. The molecule has 7 nitrogen and oxygen atoms in total. The van der Waals surface area contributed by atoms with Crippen molar-refractivity contribution in [2.75, 3.05) is 33.3 Å². The Bertz CT molecular complexity index is 1060. The second-order valence-corrected chi connectivity index (χ2v) is 7.57. The third-order valence-corrected chi connectivity index (χ3v) is 5.77. The molecule has 0 aliphatic carbocycles. The maximum absolute atomic E-state index is 12.8. The zero-order chi connectivity index (χ0) is 21.1. The molecule has 0 bridgehead atoms. The van der Waals surface area contributed by atoms with E-state index in [0.717, 1.165) is 5.39 Å². The fraction of sp³-hybridized carbons (Fsp3) is 0.318. The summed E-state index contributed by atoms with van der Waals surface area (Å²) in [6.45, 7) is 2.09.